The molecular weight excluding hydrogens is 306 g/mol. The fourth-order valence-corrected chi connectivity index (χ4v) is 3.47. The molecule has 1 heterocycles. The van der Waals surface area contributed by atoms with Crippen molar-refractivity contribution in [3.05, 3.63) is 48.0 Å². The maximum absolute atomic E-state index is 12.1. The Balaban J connectivity index is 2.02. The van der Waals surface area contributed by atoms with Crippen molar-refractivity contribution in [1.82, 2.24) is 4.31 Å². The van der Waals surface area contributed by atoms with E-state index in [0.29, 0.717) is 6.61 Å². The number of carbonyl (C=O) groups excluding carboxylic acids is 1. The molecule has 0 unspecified atom stereocenters. The molecule has 0 aliphatic carbocycles. The Morgan fingerprint density at radius 2 is 2.05 bits per heavy atom. The summed E-state index contributed by atoms with van der Waals surface area (Å²) >= 11 is 0. The highest BCUT2D eigenvalue weighted by Gasteiger charge is 2.36. The number of sulfonamides is 1. The highest BCUT2D eigenvalue weighted by atomic mass is 32.2. The molecule has 1 amide bonds. The summed E-state index contributed by atoms with van der Waals surface area (Å²) in [5, 5.41) is 0. The molecule has 22 heavy (non-hydrogen) atoms. The summed E-state index contributed by atoms with van der Waals surface area (Å²) in [6, 6.07) is 8.85. The first-order valence-electron chi connectivity index (χ1n) is 7.02. The van der Waals surface area contributed by atoms with E-state index >= 15 is 0 Å². The lowest BCUT2D eigenvalue weighted by Crippen LogP contribution is -2.48. The third-order valence-electron chi connectivity index (χ3n) is 3.11. The topological polar surface area (TPSA) is 72.9 Å². The molecule has 0 bridgehead atoms. The van der Waals surface area contributed by atoms with Gasteiger partial charge in [0.25, 0.3) is 0 Å². The maximum atomic E-state index is 12.1. The lowest BCUT2D eigenvalue weighted by molar-refractivity contribution is 0.0769. The molecule has 0 spiro atoms. The smallest absolute Gasteiger partial charge is 0.424 e. The Morgan fingerprint density at radius 3 is 2.73 bits per heavy atom. The summed E-state index contributed by atoms with van der Waals surface area (Å²) in [7, 11) is -3.70. The first-order valence-corrected chi connectivity index (χ1v) is 8.62. The van der Waals surface area contributed by atoms with Gasteiger partial charge in [-0.25, -0.2) is 13.2 Å². The maximum Gasteiger partial charge on any atom is 0.424 e. The van der Waals surface area contributed by atoms with E-state index in [1.165, 1.54) is 6.08 Å². The van der Waals surface area contributed by atoms with Gasteiger partial charge in [0.1, 0.15) is 0 Å². The molecule has 7 heteroatoms. The number of nitrogens with zero attached hydrogens (tertiary/aromatic N) is 1. The van der Waals surface area contributed by atoms with E-state index in [0.717, 1.165) is 9.87 Å². The van der Waals surface area contributed by atoms with Crippen LogP contribution < -0.4 is 0 Å². The average molecular weight is 325 g/mol. The zero-order chi connectivity index (χ0) is 16.0. The number of benzene rings is 1. The molecule has 1 aliphatic rings. The molecule has 0 aromatic heterocycles. The average Bonchev–Trinajstić information content (AvgIpc) is 2.47. The second kappa shape index (κ2) is 7.42. The standard InChI is InChI=1S/C15H19NO5S/c1-2-21-15(17)16-14(9-6-10-22(16,18)19)12-20-11-13-7-4-3-5-8-13/h3-9,14H,2,10-12H2,1H3/t14-/m0/s1. The summed E-state index contributed by atoms with van der Waals surface area (Å²) in [6.07, 6.45) is 2.32. The van der Waals surface area contributed by atoms with Crippen LogP contribution in [0.2, 0.25) is 0 Å². The fourth-order valence-electron chi connectivity index (χ4n) is 2.13. The van der Waals surface area contributed by atoms with E-state index in [-0.39, 0.29) is 19.0 Å². The summed E-state index contributed by atoms with van der Waals surface area (Å²) in [5.41, 5.74) is 0.979. The van der Waals surface area contributed by atoms with E-state index < -0.39 is 22.2 Å². The number of ether oxygens (including phenoxy) is 2. The van der Waals surface area contributed by atoms with Crippen LogP contribution in [0.5, 0.6) is 0 Å². The van der Waals surface area contributed by atoms with E-state index in [4.69, 9.17) is 9.47 Å². The van der Waals surface area contributed by atoms with Crippen molar-refractivity contribution in [3.8, 4) is 0 Å². The molecule has 0 saturated carbocycles. The fraction of sp³-hybridized carbons (Fsp3) is 0.400. The quantitative estimate of drug-likeness (QED) is 0.774. The van der Waals surface area contributed by atoms with Gasteiger partial charge in [-0.05, 0) is 12.5 Å². The molecule has 1 aromatic carbocycles. The summed E-state index contributed by atoms with van der Waals surface area (Å²) in [6.45, 7) is 2.18. The van der Waals surface area contributed by atoms with Gasteiger partial charge in [0.2, 0.25) is 10.0 Å². The Morgan fingerprint density at radius 1 is 1.32 bits per heavy atom. The van der Waals surface area contributed by atoms with E-state index in [2.05, 4.69) is 0 Å². The molecule has 1 aromatic rings. The zero-order valence-electron chi connectivity index (χ0n) is 12.3. The van der Waals surface area contributed by atoms with Gasteiger partial charge in [-0.2, -0.15) is 4.31 Å². The van der Waals surface area contributed by atoms with E-state index in [1.54, 1.807) is 13.0 Å². The number of hydrogen-bond donors (Lipinski definition) is 0. The lowest BCUT2D eigenvalue weighted by Gasteiger charge is -2.30. The van der Waals surface area contributed by atoms with Crippen molar-refractivity contribution < 1.29 is 22.7 Å². The highest BCUT2D eigenvalue weighted by Crippen LogP contribution is 2.17. The zero-order valence-corrected chi connectivity index (χ0v) is 13.2. The van der Waals surface area contributed by atoms with Crippen LogP contribution in [0.15, 0.2) is 42.5 Å². The summed E-state index contributed by atoms with van der Waals surface area (Å²) < 4.78 is 35.3. The Bertz CT molecular complexity index is 627. The minimum atomic E-state index is -3.70. The second-order valence-electron chi connectivity index (χ2n) is 4.77. The van der Waals surface area contributed by atoms with Crippen LogP contribution >= 0.6 is 0 Å². The van der Waals surface area contributed by atoms with E-state index in [9.17, 15) is 13.2 Å². The molecule has 6 nitrogen and oxygen atoms in total. The van der Waals surface area contributed by atoms with Gasteiger partial charge >= 0.3 is 6.09 Å². The molecule has 120 valence electrons. The monoisotopic (exact) mass is 325 g/mol. The first-order chi connectivity index (χ1) is 10.5. The van der Waals surface area contributed by atoms with Crippen molar-refractivity contribution >= 4 is 16.1 Å². The summed E-state index contributed by atoms with van der Waals surface area (Å²) in [5.74, 6) is -0.207. The van der Waals surface area contributed by atoms with Gasteiger partial charge in [0.05, 0.1) is 31.6 Å². The van der Waals surface area contributed by atoms with Crippen LogP contribution in [0, 0.1) is 0 Å². The van der Waals surface area contributed by atoms with Crippen molar-refractivity contribution in [2.75, 3.05) is 19.0 Å². The van der Waals surface area contributed by atoms with Gasteiger partial charge in [-0.15, -0.1) is 0 Å². The van der Waals surface area contributed by atoms with Crippen LogP contribution in [0.25, 0.3) is 0 Å². The normalized spacial score (nSPS) is 19.9. The van der Waals surface area contributed by atoms with Crippen molar-refractivity contribution in [2.45, 2.75) is 19.6 Å². The third-order valence-corrected chi connectivity index (χ3v) is 4.75. The summed E-state index contributed by atoms with van der Waals surface area (Å²) in [4.78, 5) is 11.9. The number of amides is 1. The van der Waals surface area contributed by atoms with Crippen LogP contribution in [-0.2, 0) is 26.1 Å². The van der Waals surface area contributed by atoms with Crippen LogP contribution in [-0.4, -0.2) is 43.8 Å². The predicted octanol–water partition coefficient (Wildman–Crippen LogP) is 1.93. The molecule has 1 atom stereocenters. The molecule has 0 saturated heterocycles. The van der Waals surface area contributed by atoms with Crippen LogP contribution in [0.4, 0.5) is 4.79 Å². The Kier molecular flexibility index (Phi) is 5.57. The van der Waals surface area contributed by atoms with Crippen molar-refractivity contribution in [2.24, 2.45) is 0 Å². The predicted molar refractivity (Wildman–Crippen MR) is 81.7 cm³/mol. The minimum Gasteiger partial charge on any atom is -0.449 e. The van der Waals surface area contributed by atoms with Gasteiger partial charge < -0.3 is 9.47 Å². The van der Waals surface area contributed by atoms with E-state index in [1.807, 2.05) is 30.3 Å². The largest absolute Gasteiger partial charge is 0.449 e. The molecular formula is C15H19NO5S. The Hall–Kier alpha value is -1.86. The highest BCUT2D eigenvalue weighted by molar-refractivity contribution is 7.89. The molecule has 1 aliphatic heterocycles. The van der Waals surface area contributed by atoms with Gasteiger partial charge in [-0.3, -0.25) is 0 Å². The third kappa shape index (κ3) is 4.08. The van der Waals surface area contributed by atoms with Gasteiger partial charge in [-0.1, -0.05) is 42.5 Å². The first kappa shape index (κ1) is 16.5. The molecule has 0 radical (unpaired) electrons. The second-order valence-corrected chi connectivity index (χ2v) is 6.66. The molecule has 2 rings (SSSR count). The van der Waals surface area contributed by atoms with Crippen molar-refractivity contribution in [3.63, 3.8) is 0 Å². The number of hydrogen-bond acceptors (Lipinski definition) is 5. The SMILES string of the molecule is CCOC(=O)N1[C@H](COCc2ccccc2)C=CCS1(=O)=O. The van der Waals surface area contributed by atoms with Gasteiger partial charge in [0.15, 0.2) is 0 Å². The minimum absolute atomic E-state index is 0.0867. The lowest BCUT2D eigenvalue weighted by atomic mass is 10.2. The Labute approximate surface area is 130 Å². The van der Waals surface area contributed by atoms with Crippen molar-refractivity contribution in [1.29, 1.82) is 0 Å². The van der Waals surface area contributed by atoms with Crippen LogP contribution in [0.1, 0.15) is 12.5 Å². The molecule has 0 N–H and O–H groups in total. The molecule has 0 fully saturated rings. The van der Waals surface area contributed by atoms with Gasteiger partial charge in [0, 0.05) is 0 Å². The number of rotatable bonds is 5. The van der Waals surface area contributed by atoms with Crippen LogP contribution in [0.3, 0.4) is 0 Å². The number of carbonyl (C=O) groups is 1.